The average molecular weight is 337 g/mol. The van der Waals surface area contributed by atoms with E-state index in [2.05, 4.69) is 0 Å². The van der Waals surface area contributed by atoms with Crippen LogP contribution < -0.4 is 5.73 Å². The molecule has 2 rings (SSSR count). The summed E-state index contributed by atoms with van der Waals surface area (Å²) in [6.45, 7) is 0. The summed E-state index contributed by atoms with van der Waals surface area (Å²) in [6.07, 6.45) is 0.0517. The summed E-state index contributed by atoms with van der Waals surface area (Å²) in [5.74, 6) is -2.09. The molecule has 5 atom stereocenters. The number of ether oxygens (including phenoxy) is 1. The van der Waals surface area contributed by atoms with Crippen LogP contribution in [0.2, 0.25) is 0 Å². The molecule has 5 unspecified atom stereocenters. The van der Waals surface area contributed by atoms with Crippen molar-refractivity contribution in [2.75, 3.05) is 0 Å². The maximum absolute atomic E-state index is 12.9. The van der Waals surface area contributed by atoms with Gasteiger partial charge in [0, 0.05) is 6.04 Å². The van der Waals surface area contributed by atoms with Crippen molar-refractivity contribution in [3.8, 4) is 0 Å². The molecular weight excluding hydrogens is 311 g/mol. The first-order valence-corrected chi connectivity index (χ1v) is 8.45. The first-order chi connectivity index (χ1) is 10.8. The number of carboxylic acids is 1. The lowest BCUT2D eigenvalue weighted by Gasteiger charge is -2.37. The molecule has 23 heavy (non-hydrogen) atoms. The molecule has 2 saturated carbocycles. The highest BCUT2D eigenvalue weighted by Crippen LogP contribution is 2.40. The summed E-state index contributed by atoms with van der Waals surface area (Å²) >= 11 is 0. The van der Waals surface area contributed by atoms with Gasteiger partial charge >= 0.3 is 12.1 Å². The number of carbonyl (C=O) groups is 1. The largest absolute Gasteiger partial charge is 0.481 e. The molecule has 3 N–H and O–H groups in total. The van der Waals surface area contributed by atoms with E-state index in [0.29, 0.717) is 19.3 Å². The van der Waals surface area contributed by atoms with Crippen LogP contribution in [0.3, 0.4) is 0 Å². The lowest BCUT2D eigenvalue weighted by atomic mass is 9.81. The molecule has 134 valence electrons. The highest BCUT2D eigenvalue weighted by atomic mass is 19.4. The molecule has 0 bridgehead atoms. The van der Waals surface area contributed by atoms with E-state index in [1.54, 1.807) is 0 Å². The smallest absolute Gasteiger partial charge is 0.391 e. The fourth-order valence-corrected chi connectivity index (χ4v) is 3.90. The SMILES string of the molecule is NC(CC(=O)O)C1CCCC(OC2CCCC(C(F)(F)F)C2)C1. The van der Waals surface area contributed by atoms with Crippen LogP contribution >= 0.6 is 0 Å². The molecule has 0 radical (unpaired) electrons. The Morgan fingerprint density at radius 2 is 1.74 bits per heavy atom. The minimum Gasteiger partial charge on any atom is -0.481 e. The zero-order valence-corrected chi connectivity index (χ0v) is 13.2. The topological polar surface area (TPSA) is 72.6 Å². The van der Waals surface area contributed by atoms with Gasteiger partial charge in [0.05, 0.1) is 24.5 Å². The molecular formula is C16H26F3NO3. The molecule has 2 fully saturated rings. The number of nitrogens with two attached hydrogens (primary N) is 1. The number of carboxylic acid groups (broad SMARTS) is 1. The van der Waals surface area contributed by atoms with Crippen molar-refractivity contribution >= 4 is 5.97 Å². The van der Waals surface area contributed by atoms with Crippen LogP contribution in [-0.2, 0) is 9.53 Å². The Labute approximate surface area is 134 Å². The molecule has 0 amide bonds. The van der Waals surface area contributed by atoms with E-state index < -0.39 is 24.1 Å². The minimum atomic E-state index is -4.14. The Balaban J connectivity index is 1.83. The third-order valence-electron chi connectivity index (χ3n) is 5.16. The van der Waals surface area contributed by atoms with E-state index in [9.17, 15) is 18.0 Å². The number of hydrogen-bond donors (Lipinski definition) is 2. The lowest BCUT2D eigenvalue weighted by Crippen LogP contribution is -2.40. The van der Waals surface area contributed by atoms with Crippen LogP contribution in [0.4, 0.5) is 13.2 Å². The van der Waals surface area contributed by atoms with Crippen LogP contribution in [0.15, 0.2) is 0 Å². The second-order valence-electron chi connectivity index (χ2n) is 6.97. The van der Waals surface area contributed by atoms with Crippen LogP contribution in [0, 0.1) is 11.8 Å². The number of hydrogen-bond acceptors (Lipinski definition) is 3. The number of alkyl halides is 3. The van der Waals surface area contributed by atoms with Gasteiger partial charge in [-0.05, 0) is 44.4 Å². The fraction of sp³-hybridized carbons (Fsp3) is 0.938. The fourth-order valence-electron chi connectivity index (χ4n) is 3.90. The Morgan fingerprint density at radius 3 is 2.35 bits per heavy atom. The predicted octanol–water partition coefficient (Wildman–Crippen LogP) is 3.48. The molecule has 2 aliphatic rings. The van der Waals surface area contributed by atoms with Gasteiger partial charge in [0.15, 0.2) is 0 Å². The van der Waals surface area contributed by atoms with Gasteiger partial charge in [-0.2, -0.15) is 13.2 Å². The van der Waals surface area contributed by atoms with Crippen molar-refractivity contribution in [2.45, 2.75) is 82.2 Å². The molecule has 0 saturated heterocycles. The second kappa shape index (κ2) is 7.83. The van der Waals surface area contributed by atoms with Crippen LogP contribution in [0.5, 0.6) is 0 Å². The van der Waals surface area contributed by atoms with Gasteiger partial charge in [0.25, 0.3) is 0 Å². The Morgan fingerprint density at radius 1 is 1.13 bits per heavy atom. The summed E-state index contributed by atoms with van der Waals surface area (Å²) in [4.78, 5) is 10.8. The molecule has 0 aromatic carbocycles. The first-order valence-electron chi connectivity index (χ1n) is 8.45. The van der Waals surface area contributed by atoms with E-state index in [4.69, 9.17) is 15.6 Å². The summed E-state index contributed by atoms with van der Waals surface area (Å²) in [5.41, 5.74) is 5.94. The van der Waals surface area contributed by atoms with E-state index >= 15 is 0 Å². The molecule has 4 nitrogen and oxygen atoms in total. The number of aliphatic carboxylic acids is 1. The monoisotopic (exact) mass is 337 g/mol. The molecule has 0 aliphatic heterocycles. The summed E-state index contributed by atoms with van der Waals surface area (Å²) in [6, 6.07) is -0.409. The van der Waals surface area contributed by atoms with Crippen molar-refractivity contribution in [1.82, 2.24) is 0 Å². The van der Waals surface area contributed by atoms with E-state index in [-0.39, 0.29) is 37.4 Å². The third kappa shape index (κ3) is 5.64. The zero-order chi connectivity index (χ0) is 17.0. The van der Waals surface area contributed by atoms with Crippen molar-refractivity contribution in [3.05, 3.63) is 0 Å². The second-order valence-corrected chi connectivity index (χ2v) is 6.97. The van der Waals surface area contributed by atoms with E-state index in [0.717, 1.165) is 19.3 Å². The van der Waals surface area contributed by atoms with Crippen molar-refractivity contribution < 1.29 is 27.8 Å². The van der Waals surface area contributed by atoms with Gasteiger partial charge < -0.3 is 15.6 Å². The van der Waals surface area contributed by atoms with Crippen molar-refractivity contribution in [1.29, 1.82) is 0 Å². The Kier molecular flexibility index (Phi) is 6.31. The standard InChI is InChI=1S/C16H26F3NO3/c17-16(18,19)11-4-2-6-13(8-11)23-12-5-1-3-10(7-12)14(20)9-15(21)22/h10-14H,1-9,20H2,(H,21,22). The predicted molar refractivity (Wildman–Crippen MR) is 78.9 cm³/mol. The van der Waals surface area contributed by atoms with Gasteiger partial charge in [0.1, 0.15) is 0 Å². The first kappa shape index (κ1) is 18.5. The zero-order valence-electron chi connectivity index (χ0n) is 13.2. The summed E-state index contributed by atoms with van der Waals surface area (Å²) in [5, 5.41) is 8.83. The molecule has 0 spiro atoms. The third-order valence-corrected chi connectivity index (χ3v) is 5.16. The van der Waals surface area contributed by atoms with Crippen molar-refractivity contribution in [2.24, 2.45) is 17.6 Å². The van der Waals surface area contributed by atoms with Crippen molar-refractivity contribution in [3.63, 3.8) is 0 Å². The van der Waals surface area contributed by atoms with Gasteiger partial charge in [-0.3, -0.25) is 4.79 Å². The van der Waals surface area contributed by atoms with Crippen LogP contribution in [-0.4, -0.2) is 35.5 Å². The minimum absolute atomic E-state index is 0.0475. The summed E-state index contributed by atoms with van der Waals surface area (Å²) < 4.78 is 44.5. The van der Waals surface area contributed by atoms with Gasteiger partial charge in [-0.25, -0.2) is 0 Å². The number of rotatable bonds is 5. The molecule has 0 aromatic rings. The number of halogens is 3. The maximum Gasteiger partial charge on any atom is 0.391 e. The molecule has 7 heteroatoms. The van der Waals surface area contributed by atoms with Crippen LogP contribution in [0.1, 0.15) is 57.8 Å². The quantitative estimate of drug-likeness (QED) is 0.805. The van der Waals surface area contributed by atoms with E-state index in [1.165, 1.54) is 0 Å². The van der Waals surface area contributed by atoms with Gasteiger partial charge in [0.2, 0.25) is 0 Å². The molecule has 2 aliphatic carbocycles. The van der Waals surface area contributed by atoms with Gasteiger partial charge in [-0.1, -0.05) is 12.8 Å². The van der Waals surface area contributed by atoms with Crippen LogP contribution in [0.25, 0.3) is 0 Å². The Bertz CT molecular complexity index is 403. The average Bonchev–Trinajstić information content (AvgIpc) is 2.46. The highest BCUT2D eigenvalue weighted by molar-refractivity contribution is 5.67. The van der Waals surface area contributed by atoms with Gasteiger partial charge in [-0.15, -0.1) is 0 Å². The highest BCUT2D eigenvalue weighted by Gasteiger charge is 2.43. The summed E-state index contributed by atoms with van der Waals surface area (Å²) in [7, 11) is 0. The normalized spacial score (nSPS) is 34.1. The molecule has 0 aromatic heterocycles. The molecule has 0 heterocycles. The maximum atomic E-state index is 12.9. The lowest BCUT2D eigenvalue weighted by molar-refractivity contribution is -0.196. The van der Waals surface area contributed by atoms with E-state index in [1.807, 2.05) is 0 Å². The Hall–Kier alpha value is -0.820.